The van der Waals surface area contributed by atoms with Crippen molar-refractivity contribution in [3.05, 3.63) is 109 Å². The molecule has 57 heavy (non-hydrogen) atoms. The Morgan fingerprint density at radius 2 is 1.75 bits per heavy atom. The van der Waals surface area contributed by atoms with Crippen molar-refractivity contribution in [1.82, 2.24) is 14.5 Å². The van der Waals surface area contributed by atoms with Crippen molar-refractivity contribution in [2.45, 2.75) is 122 Å². The van der Waals surface area contributed by atoms with Crippen LogP contribution in [0.15, 0.2) is 97.5 Å². The number of aromatic nitrogens is 2. The number of hydrogen-bond donors (Lipinski definition) is 4. The van der Waals surface area contributed by atoms with Crippen LogP contribution in [-0.4, -0.2) is 73.2 Å². The van der Waals surface area contributed by atoms with Gasteiger partial charge in [-0.2, -0.15) is 0 Å². The molecule has 2 unspecified atom stereocenters. The maximum Gasteiger partial charge on any atom is 0.307 e. The molecule has 2 aliphatic rings. The number of aliphatic hydroxyl groups is 3. The molecule has 1 saturated carbocycles. The summed E-state index contributed by atoms with van der Waals surface area (Å²) in [6.45, 7) is 7.01. The monoisotopic (exact) mass is 774 g/mol. The Labute approximate surface area is 338 Å². The number of pyridine rings is 1. The lowest BCUT2D eigenvalue weighted by Gasteiger charge is -2.27. The number of hydrogen-bond acceptors (Lipinski definition) is 8. The van der Waals surface area contributed by atoms with E-state index in [9.17, 15) is 20.1 Å². The van der Waals surface area contributed by atoms with Gasteiger partial charge in [-0.3, -0.25) is 14.7 Å². The molecule has 0 bridgehead atoms. The van der Waals surface area contributed by atoms with Crippen molar-refractivity contribution in [2.75, 3.05) is 18.4 Å². The maximum atomic E-state index is 13.0. The summed E-state index contributed by atoms with van der Waals surface area (Å²) in [6, 6.07) is 27.7. The molecule has 2 fully saturated rings. The molecule has 3 aromatic carbocycles. The Kier molecular flexibility index (Phi) is 14.0. The predicted molar refractivity (Wildman–Crippen MR) is 228 cm³/mol. The van der Waals surface area contributed by atoms with Crippen LogP contribution in [0.25, 0.3) is 21.7 Å². The first kappa shape index (κ1) is 40.9. The Balaban J connectivity index is 0.825. The van der Waals surface area contributed by atoms with Gasteiger partial charge in [-0.05, 0) is 117 Å². The van der Waals surface area contributed by atoms with Crippen molar-refractivity contribution in [1.29, 1.82) is 0 Å². The summed E-state index contributed by atoms with van der Waals surface area (Å²) in [5, 5.41) is 39.5. The molecule has 0 amide bonds. The first-order valence-corrected chi connectivity index (χ1v) is 21.4. The molecule has 5 aromatic rings. The second kappa shape index (κ2) is 19.4. The van der Waals surface area contributed by atoms with Crippen LogP contribution in [0.1, 0.15) is 95.4 Å². The van der Waals surface area contributed by atoms with Gasteiger partial charge in [0, 0.05) is 67.1 Å². The number of benzene rings is 3. The molecule has 3 heterocycles. The van der Waals surface area contributed by atoms with Crippen LogP contribution >= 0.6 is 0 Å². The number of aryl methyl sites for hydroxylation is 1. The second-order valence-electron chi connectivity index (χ2n) is 17.0. The van der Waals surface area contributed by atoms with Gasteiger partial charge in [-0.25, -0.2) is 0 Å². The molecule has 9 heteroatoms. The van der Waals surface area contributed by atoms with Gasteiger partial charge in [-0.15, -0.1) is 0 Å². The van der Waals surface area contributed by atoms with Gasteiger partial charge in [0.05, 0.1) is 23.8 Å². The van der Waals surface area contributed by atoms with Crippen LogP contribution in [0.5, 0.6) is 0 Å². The summed E-state index contributed by atoms with van der Waals surface area (Å²) in [5.74, 6) is 0.203. The minimum absolute atomic E-state index is 0.000577. The van der Waals surface area contributed by atoms with Crippen molar-refractivity contribution in [2.24, 2.45) is 17.8 Å². The molecule has 1 aliphatic heterocycles. The van der Waals surface area contributed by atoms with E-state index in [1.165, 1.54) is 16.5 Å². The number of aliphatic hydroxyl groups excluding tert-OH is 3. The molecule has 0 spiro atoms. The molecule has 1 saturated heterocycles. The van der Waals surface area contributed by atoms with E-state index in [1.54, 1.807) is 0 Å². The summed E-state index contributed by atoms with van der Waals surface area (Å²) in [6.07, 6.45) is 12.1. The number of rotatable bonds is 19. The van der Waals surface area contributed by atoms with E-state index in [2.05, 4.69) is 87.4 Å². The third kappa shape index (κ3) is 10.8. The number of fused-ring (bicyclic) bond motifs is 2. The van der Waals surface area contributed by atoms with Crippen molar-refractivity contribution < 1.29 is 24.9 Å². The summed E-state index contributed by atoms with van der Waals surface area (Å²) < 4.78 is 8.00. The molecular formula is C48H62N4O5. The predicted octanol–water partition coefficient (Wildman–Crippen LogP) is 8.66. The van der Waals surface area contributed by atoms with Gasteiger partial charge in [-0.1, -0.05) is 74.4 Å². The lowest BCUT2D eigenvalue weighted by molar-refractivity contribution is -0.152. The van der Waals surface area contributed by atoms with Gasteiger partial charge in [0.25, 0.3) is 0 Å². The summed E-state index contributed by atoms with van der Waals surface area (Å²) in [5.41, 5.74) is 4.69. The van der Waals surface area contributed by atoms with E-state index in [0.717, 1.165) is 86.6 Å². The van der Waals surface area contributed by atoms with E-state index in [-0.39, 0.29) is 17.8 Å². The van der Waals surface area contributed by atoms with Gasteiger partial charge in [0.15, 0.2) is 6.23 Å². The Hall–Kier alpha value is -4.28. The van der Waals surface area contributed by atoms with E-state index < -0.39 is 24.5 Å². The molecule has 8 atom stereocenters. The first-order chi connectivity index (χ1) is 27.7. The Morgan fingerprint density at radius 1 is 0.912 bits per heavy atom. The highest BCUT2D eigenvalue weighted by molar-refractivity contribution is 5.93. The van der Waals surface area contributed by atoms with E-state index >= 15 is 0 Å². The topological polar surface area (TPSA) is 120 Å². The van der Waals surface area contributed by atoms with Crippen LogP contribution in [0.2, 0.25) is 0 Å². The van der Waals surface area contributed by atoms with E-state index in [0.29, 0.717) is 37.6 Å². The van der Waals surface area contributed by atoms with Crippen LogP contribution in [0, 0.1) is 17.8 Å². The smallest absolute Gasteiger partial charge is 0.307 e. The number of nitrogens with zero attached hydrogens (tertiary/aromatic N) is 3. The maximum absolute atomic E-state index is 13.0. The fourth-order valence-electron chi connectivity index (χ4n) is 9.49. The van der Waals surface area contributed by atoms with Crippen LogP contribution in [0.4, 0.5) is 5.69 Å². The number of ether oxygens (including phenoxy) is 1. The number of nitrogens with one attached hydrogen (secondary N) is 1. The summed E-state index contributed by atoms with van der Waals surface area (Å²) >= 11 is 0. The molecular weight excluding hydrogens is 713 g/mol. The zero-order valence-corrected chi connectivity index (χ0v) is 33.8. The highest BCUT2D eigenvalue weighted by atomic mass is 16.6. The lowest BCUT2D eigenvalue weighted by atomic mass is 9.81. The number of carbonyl (C=O) groups is 1. The fourth-order valence-corrected chi connectivity index (χ4v) is 9.49. The van der Waals surface area contributed by atoms with Gasteiger partial charge < -0.3 is 29.9 Å². The highest BCUT2D eigenvalue weighted by Crippen LogP contribution is 2.40. The zero-order valence-electron chi connectivity index (χ0n) is 33.8. The Bertz CT molecular complexity index is 2030. The lowest BCUT2D eigenvalue weighted by Crippen LogP contribution is -2.26. The largest absolute Gasteiger partial charge is 0.441 e. The third-order valence-corrected chi connectivity index (χ3v) is 12.7. The number of esters is 1. The number of carbonyl (C=O) groups excluding carboxylic acids is 1. The van der Waals surface area contributed by atoms with Gasteiger partial charge in [0.2, 0.25) is 0 Å². The normalized spacial score (nSPS) is 22.9. The van der Waals surface area contributed by atoms with Crippen LogP contribution < -0.4 is 5.32 Å². The first-order valence-electron chi connectivity index (χ1n) is 21.4. The van der Waals surface area contributed by atoms with Crippen molar-refractivity contribution >= 4 is 33.3 Å². The van der Waals surface area contributed by atoms with Gasteiger partial charge in [0.1, 0.15) is 0 Å². The van der Waals surface area contributed by atoms with Crippen LogP contribution in [0.3, 0.4) is 0 Å². The molecule has 304 valence electrons. The van der Waals surface area contributed by atoms with Crippen molar-refractivity contribution in [3.8, 4) is 0 Å². The average molecular weight is 775 g/mol. The number of likely N-dealkylation sites (tertiary alicyclic amines) is 1. The van der Waals surface area contributed by atoms with Crippen LogP contribution in [-0.2, 0) is 22.5 Å². The van der Waals surface area contributed by atoms with E-state index in [1.807, 2.05) is 43.7 Å². The van der Waals surface area contributed by atoms with Gasteiger partial charge >= 0.3 is 5.97 Å². The summed E-state index contributed by atoms with van der Waals surface area (Å²) in [7, 11) is 0. The molecule has 9 nitrogen and oxygen atoms in total. The zero-order chi connectivity index (χ0) is 39.7. The summed E-state index contributed by atoms with van der Waals surface area (Å²) in [4.78, 5) is 19.8. The van der Waals surface area contributed by atoms with Crippen molar-refractivity contribution in [3.63, 3.8) is 0 Å². The van der Waals surface area contributed by atoms with E-state index in [4.69, 9.17) is 4.74 Å². The standard InChI is InChI=1S/C48H62N4O5/c1-33(27-43-42(46(54)29-47(43)55)20-19-40(53)18-16-35-10-4-3-5-11-35)9-6-7-14-48(56)57-34(2)52-26-22-37-17-15-36(28-45(37)52)31-51-25-23-39(32-51)50-44-13-8-12-38-30-49-24-21-41(38)44/h3-5,8,10-13,15,17,21-22,24,26,28,30,33-34,39-40,42-43,46-47,50,53-55H,6-7,9,14,16,18-20,23,25,27,29,31-32H2,1-2H3/t33?,34?,39-,40+,42-,43-,46-,47+/m1/s1. The fraction of sp³-hybridized carbons (Fsp3) is 0.500. The molecule has 7 rings (SSSR count). The number of unbranched alkanes of at least 4 members (excludes halogenated alkanes) is 1. The highest BCUT2D eigenvalue weighted by Gasteiger charge is 2.41. The Morgan fingerprint density at radius 3 is 2.61 bits per heavy atom. The quantitative estimate of drug-likeness (QED) is 0.0487. The molecule has 2 aromatic heterocycles. The average Bonchev–Trinajstić information content (AvgIpc) is 3.91. The molecule has 4 N–H and O–H groups in total. The minimum Gasteiger partial charge on any atom is -0.441 e. The second-order valence-corrected chi connectivity index (χ2v) is 17.0. The molecule has 1 aliphatic carbocycles. The third-order valence-electron chi connectivity index (χ3n) is 12.7. The number of anilines is 1. The minimum atomic E-state index is -0.528. The SMILES string of the molecule is CC(CCCCC(=O)OC(C)n1ccc2ccc(CN3CC[C@@H](Nc4cccc5cnccc45)C3)cc21)C[C@@H]1[C@@H](CC[C@@H](O)CCc2ccccc2)[C@H](O)C[C@@H]1O. The molecule has 0 radical (unpaired) electrons.